The van der Waals surface area contributed by atoms with E-state index in [1.54, 1.807) is 27.0 Å². The number of rotatable bonds is 7. The number of nitrogens with one attached hydrogen (secondary N) is 1. The number of para-hydroxylation sites is 1. The number of anilines is 1. The SMILES string of the molecule is CCOC(=O)c1cc2n(n1)C[C@@](C)(C(=O)NCc1ccccc1OC)N(c1ccc(F)cc1)C2=O. The van der Waals surface area contributed by atoms with E-state index in [9.17, 15) is 18.8 Å². The van der Waals surface area contributed by atoms with Gasteiger partial charge in [0.25, 0.3) is 5.91 Å². The maximum absolute atomic E-state index is 13.6. The Hall–Kier alpha value is -4.21. The molecule has 0 fully saturated rings. The van der Waals surface area contributed by atoms with E-state index < -0.39 is 29.1 Å². The van der Waals surface area contributed by atoms with Gasteiger partial charge in [-0.1, -0.05) is 18.2 Å². The van der Waals surface area contributed by atoms with Crippen LogP contribution < -0.4 is 15.0 Å². The third kappa shape index (κ3) is 4.46. The second-order valence-electron chi connectivity index (χ2n) is 8.18. The van der Waals surface area contributed by atoms with E-state index in [1.165, 1.54) is 39.9 Å². The van der Waals surface area contributed by atoms with Crippen LogP contribution in [0.25, 0.3) is 0 Å². The molecule has 0 saturated carbocycles. The number of fused-ring (bicyclic) bond motifs is 1. The highest BCUT2D eigenvalue weighted by atomic mass is 19.1. The molecule has 0 saturated heterocycles. The van der Waals surface area contributed by atoms with Crippen LogP contribution in [0.15, 0.2) is 54.6 Å². The van der Waals surface area contributed by atoms with Crippen molar-refractivity contribution in [3.05, 3.63) is 77.4 Å². The van der Waals surface area contributed by atoms with Gasteiger partial charge in [0.2, 0.25) is 5.91 Å². The molecule has 3 aromatic rings. The summed E-state index contributed by atoms with van der Waals surface area (Å²) in [5, 5.41) is 7.10. The smallest absolute Gasteiger partial charge is 0.358 e. The van der Waals surface area contributed by atoms with Crippen LogP contribution in [0.3, 0.4) is 0 Å². The summed E-state index contributed by atoms with van der Waals surface area (Å²) in [6.07, 6.45) is 0. The van der Waals surface area contributed by atoms with Gasteiger partial charge >= 0.3 is 5.97 Å². The summed E-state index contributed by atoms with van der Waals surface area (Å²) in [7, 11) is 1.54. The molecule has 1 atom stereocenters. The highest BCUT2D eigenvalue weighted by Gasteiger charge is 2.49. The Morgan fingerprint density at radius 1 is 1.17 bits per heavy atom. The number of methoxy groups -OCH3 is 1. The van der Waals surface area contributed by atoms with Crippen LogP contribution >= 0.6 is 0 Å². The molecule has 4 rings (SSSR count). The molecule has 1 aliphatic heterocycles. The van der Waals surface area contributed by atoms with Crippen molar-refractivity contribution < 1.29 is 28.2 Å². The zero-order chi connectivity index (χ0) is 25.2. The first-order chi connectivity index (χ1) is 16.8. The maximum Gasteiger partial charge on any atom is 0.358 e. The molecule has 2 aromatic carbocycles. The minimum Gasteiger partial charge on any atom is -0.496 e. The molecular formula is C25H25FN4O5. The van der Waals surface area contributed by atoms with Crippen molar-refractivity contribution in [2.24, 2.45) is 0 Å². The number of aromatic nitrogens is 2. The third-order valence-corrected chi connectivity index (χ3v) is 5.84. The number of halogens is 1. The summed E-state index contributed by atoms with van der Waals surface area (Å²) in [5.41, 5.74) is -0.273. The molecule has 10 heteroatoms. The van der Waals surface area contributed by atoms with Gasteiger partial charge in [-0.25, -0.2) is 9.18 Å². The van der Waals surface area contributed by atoms with E-state index in [1.807, 2.05) is 18.2 Å². The Morgan fingerprint density at radius 2 is 1.89 bits per heavy atom. The molecule has 1 aliphatic rings. The molecule has 35 heavy (non-hydrogen) atoms. The van der Waals surface area contributed by atoms with Gasteiger partial charge in [0.1, 0.15) is 22.8 Å². The first-order valence-corrected chi connectivity index (χ1v) is 11.0. The number of carbonyl (C=O) groups excluding carboxylic acids is 3. The number of ether oxygens (including phenoxy) is 2. The average Bonchev–Trinajstić information content (AvgIpc) is 3.28. The van der Waals surface area contributed by atoms with Crippen molar-refractivity contribution in [3.8, 4) is 5.75 Å². The fraction of sp³-hybridized carbons (Fsp3) is 0.280. The molecule has 1 aromatic heterocycles. The highest BCUT2D eigenvalue weighted by Crippen LogP contribution is 2.33. The molecule has 0 radical (unpaired) electrons. The minimum absolute atomic E-state index is 0.0343. The Morgan fingerprint density at radius 3 is 2.57 bits per heavy atom. The first kappa shape index (κ1) is 23.9. The van der Waals surface area contributed by atoms with Gasteiger partial charge in [-0.05, 0) is 44.2 Å². The third-order valence-electron chi connectivity index (χ3n) is 5.84. The van der Waals surface area contributed by atoms with Crippen molar-refractivity contribution in [2.45, 2.75) is 32.5 Å². The van der Waals surface area contributed by atoms with Crippen molar-refractivity contribution in [2.75, 3.05) is 18.6 Å². The number of esters is 1. The Labute approximate surface area is 201 Å². The zero-order valence-corrected chi connectivity index (χ0v) is 19.6. The Balaban J connectivity index is 1.71. The van der Waals surface area contributed by atoms with Crippen LogP contribution in [-0.2, 0) is 22.6 Å². The number of hydrogen-bond donors (Lipinski definition) is 1. The van der Waals surface area contributed by atoms with E-state index in [4.69, 9.17) is 9.47 Å². The summed E-state index contributed by atoms with van der Waals surface area (Å²) in [4.78, 5) is 40.7. The highest BCUT2D eigenvalue weighted by molar-refractivity contribution is 6.12. The van der Waals surface area contributed by atoms with Gasteiger partial charge in [-0.3, -0.25) is 19.2 Å². The van der Waals surface area contributed by atoms with Gasteiger partial charge in [0.15, 0.2) is 5.69 Å². The van der Waals surface area contributed by atoms with Crippen molar-refractivity contribution in [3.63, 3.8) is 0 Å². The maximum atomic E-state index is 13.6. The molecule has 2 amide bonds. The largest absolute Gasteiger partial charge is 0.496 e. The van der Waals surface area contributed by atoms with Crippen LogP contribution in [-0.4, -0.2) is 46.8 Å². The van der Waals surface area contributed by atoms with Gasteiger partial charge in [-0.2, -0.15) is 5.10 Å². The lowest BCUT2D eigenvalue weighted by Gasteiger charge is -2.43. The predicted molar refractivity (Wildman–Crippen MR) is 125 cm³/mol. The van der Waals surface area contributed by atoms with E-state index >= 15 is 0 Å². The zero-order valence-electron chi connectivity index (χ0n) is 19.6. The molecule has 9 nitrogen and oxygen atoms in total. The lowest BCUT2D eigenvalue weighted by Crippen LogP contribution is -2.64. The summed E-state index contributed by atoms with van der Waals surface area (Å²) < 4.78 is 25.3. The molecule has 0 aliphatic carbocycles. The Kier molecular flexibility index (Phi) is 6.54. The van der Waals surface area contributed by atoms with Gasteiger partial charge < -0.3 is 14.8 Å². The standard InChI is InChI=1S/C25H25FN4O5/c1-4-35-23(32)19-13-20-22(31)30(18-11-9-17(26)10-12-18)25(2,15-29(20)28-19)24(33)27-14-16-7-5-6-8-21(16)34-3/h5-13H,4,14-15H2,1-3H3,(H,27,33)/t25-/m0/s1. The van der Waals surface area contributed by atoms with Crippen LogP contribution in [0.1, 0.15) is 40.4 Å². The van der Waals surface area contributed by atoms with E-state index in [2.05, 4.69) is 10.4 Å². The molecular weight excluding hydrogens is 455 g/mol. The van der Waals surface area contributed by atoms with Crippen molar-refractivity contribution in [1.82, 2.24) is 15.1 Å². The van der Waals surface area contributed by atoms with Crippen molar-refractivity contribution >= 4 is 23.5 Å². The van der Waals surface area contributed by atoms with Crippen LogP contribution in [0, 0.1) is 5.82 Å². The fourth-order valence-corrected chi connectivity index (χ4v) is 4.10. The van der Waals surface area contributed by atoms with Gasteiger partial charge in [0, 0.05) is 23.9 Å². The van der Waals surface area contributed by atoms with Crippen LogP contribution in [0.2, 0.25) is 0 Å². The second kappa shape index (κ2) is 9.57. The molecule has 1 N–H and O–H groups in total. The number of carbonyl (C=O) groups is 3. The lowest BCUT2D eigenvalue weighted by atomic mass is 9.93. The summed E-state index contributed by atoms with van der Waals surface area (Å²) >= 11 is 0. The van der Waals surface area contributed by atoms with Crippen molar-refractivity contribution in [1.29, 1.82) is 0 Å². The second-order valence-corrected chi connectivity index (χ2v) is 8.18. The molecule has 0 unspecified atom stereocenters. The molecule has 182 valence electrons. The number of hydrogen-bond acceptors (Lipinski definition) is 6. The quantitative estimate of drug-likeness (QED) is 0.522. The summed E-state index contributed by atoms with van der Waals surface area (Å²) in [6.45, 7) is 3.53. The molecule has 0 bridgehead atoms. The number of benzene rings is 2. The summed E-state index contributed by atoms with van der Waals surface area (Å²) in [6, 6.07) is 13.9. The first-order valence-electron chi connectivity index (χ1n) is 11.0. The normalized spacial score (nSPS) is 17.0. The number of nitrogens with zero attached hydrogens (tertiary/aromatic N) is 3. The minimum atomic E-state index is -1.44. The number of amides is 2. The molecule has 2 heterocycles. The predicted octanol–water partition coefficient (Wildman–Crippen LogP) is 2.94. The van der Waals surface area contributed by atoms with E-state index in [-0.39, 0.29) is 31.1 Å². The van der Waals surface area contributed by atoms with Crippen LogP contribution in [0.4, 0.5) is 10.1 Å². The monoisotopic (exact) mass is 480 g/mol. The topological polar surface area (TPSA) is 103 Å². The van der Waals surface area contributed by atoms with E-state index in [0.29, 0.717) is 11.4 Å². The lowest BCUT2D eigenvalue weighted by molar-refractivity contribution is -0.126. The van der Waals surface area contributed by atoms with Gasteiger partial charge in [0.05, 0.1) is 20.3 Å². The van der Waals surface area contributed by atoms with Gasteiger partial charge in [-0.15, -0.1) is 0 Å². The Bertz CT molecular complexity index is 1270. The summed E-state index contributed by atoms with van der Waals surface area (Å²) in [5.74, 6) is -1.55. The van der Waals surface area contributed by atoms with Crippen LogP contribution in [0.5, 0.6) is 5.75 Å². The van der Waals surface area contributed by atoms with E-state index in [0.717, 1.165) is 5.56 Å². The fourth-order valence-electron chi connectivity index (χ4n) is 4.10. The molecule has 0 spiro atoms. The average molecular weight is 480 g/mol.